The van der Waals surface area contributed by atoms with E-state index in [4.69, 9.17) is 10.2 Å². The van der Waals surface area contributed by atoms with Gasteiger partial charge in [-0.2, -0.15) is 10.1 Å². The molecule has 4 N–H and O–H groups in total. The molecule has 0 unspecified atom stereocenters. The van der Waals surface area contributed by atoms with Gasteiger partial charge in [-0.25, -0.2) is 4.39 Å². The van der Waals surface area contributed by atoms with Crippen LogP contribution in [0.4, 0.5) is 16.1 Å². The number of halogens is 1. The summed E-state index contributed by atoms with van der Waals surface area (Å²) in [7, 11) is 0. The van der Waals surface area contributed by atoms with Gasteiger partial charge in [-0.3, -0.25) is 9.89 Å². The highest BCUT2D eigenvalue weighted by molar-refractivity contribution is 6.04. The summed E-state index contributed by atoms with van der Waals surface area (Å²) in [6.07, 6.45) is 0. The second-order valence-corrected chi connectivity index (χ2v) is 4.95. The van der Waals surface area contributed by atoms with E-state index in [-0.39, 0.29) is 11.7 Å². The van der Waals surface area contributed by atoms with Crippen LogP contribution in [0.25, 0.3) is 22.0 Å². The summed E-state index contributed by atoms with van der Waals surface area (Å²) in [5.41, 5.74) is 7.64. The number of hydrogen-bond donors (Lipinski definition) is 3. The predicted molar refractivity (Wildman–Crippen MR) is 81.9 cm³/mol. The number of nitrogens with one attached hydrogen (secondary N) is 2. The molecule has 0 saturated heterocycles. The van der Waals surface area contributed by atoms with Crippen molar-refractivity contribution in [2.75, 3.05) is 5.32 Å². The summed E-state index contributed by atoms with van der Waals surface area (Å²) in [5, 5.41) is 10.2. The number of oxazole rings is 1. The average Bonchev–Trinajstić information content (AvgIpc) is 3.09. The van der Waals surface area contributed by atoms with Crippen LogP contribution in [0.15, 0.2) is 40.8 Å². The number of carbonyl (C=O) groups excluding carboxylic acids is 1. The molecule has 0 aliphatic carbocycles. The highest BCUT2D eigenvalue weighted by Gasteiger charge is 2.12. The van der Waals surface area contributed by atoms with Gasteiger partial charge in [0.25, 0.3) is 11.9 Å². The molecule has 0 saturated carbocycles. The van der Waals surface area contributed by atoms with E-state index in [1.54, 1.807) is 18.2 Å². The molecule has 0 aliphatic rings. The molecule has 8 heteroatoms. The van der Waals surface area contributed by atoms with Gasteiger partial charge in [0, 0.05) is 17.1 Å². The molecule has 2 aromatic heterocycles. The van der Waals surface area contributed by atoms with E-state index in [9.17, 15) is 9.18 Å². The fourth-order valence-corrected chi connectivity index (χ4v) is 2.35. The zero-order valence-corrected chi connectivity index (χ0v) is 11.6. The molecular weight excluding hydrogens is 301 g/mol. The van der Waals surface area contributed by atoms with Crippen LogP contribution in [0.2, 0.25) is 0 Å². The van der Waals surface area contributed by atoms with Crippen LogP contribution in [0.1, 0.15) is 10.5 Å². The van der Waals surface area contributed by atoms with E-state index in [0.29, 0.717) is 27.7 Å². The quantitative estimate of drug-likeness (QED) is 0.539. The van der Waals surface area contributed by atoms with Crippen molar-refractivity contribution in [2.24, 2.45) is 5.73 Å². The normalized spacial score (nSPS) is 11.2. The lowest BCUT2D eigenvalue weighted by molar-refractivity contribution is 0.0997. The molecule has 0 aliphatic heterocycles. The molecule has 7 nitrogen and oxygen atoms in total. The summed E-state index contributed by atoms with van der Waals surface area (Å²) in [4.78, 5) is 15.6. The Balaban J connectivity index is 1.73. The third kappa shape index (κ3) is 2.26. The lowest BCUT2D eigenvalue weighted by Crippen LogP contribution is -2.11. The van der Waals surface area contributed by atoms with E-state index in [1.165, 1.54) is 18.2 Å². The fraction of sp³-hybridized carbons (Fsp3) is 0. The number of primary amides is 1. The summed E-state index contributed by atoms with van der Waals surface area (Å²) >= 11 is 0. The number of nitrogens with zero attached hydrogens (tertiary/aromatic N) is 2. The number of amides is 1. The van der Waals surface area contributed by atoms with E-state index in [2.05, 4.69) is 20.5 Å². The summed E-state index contributed by atoms with van der Waals surface area (Å²) in [6, 6.07) is 9.54. The van der Waals surface area contributed by atoms with Crippen molar-refractivity contribution < 1.29 is 13.6 Å². The number of aromatic amines is 1. The smallest absolute Gasteiger partial charge is 0.300 e. The largest absolute Gasteiger partial charge is 0.423 e. The van der Waals surface area contributed by atoms with Gasteiger partial charge in [-0.1, -0.05) is 0 Å². The van der Waals surface area contributed by atoms with Gasteiger partial charge in [0.1, 0.15) is 11.3 Å². The van der Waals surface area contributed by atoms with Gasteiger partial charge in [-0.05, 0) is 30.3 Å². The van der Waals surface area contributed by atoms with E-state index >= 15 is 0 Å². The molecule has 0 fully saturated rings. The van der Waals surface area contributed by atoms with Gasteiger partial charge in [0.05, 0.1) is 5.52 Å². The van der Waals surface area contributed by atoms with Crippen LogP contribution >= 0.6 is 0 Å². The minimum atomic E-state index is -0.620. The monoisotopic (exact) mass is 311 g/mol. The number of benzene rings is 2. The van der Waals surface area contributed by atoms with Gasteiger partial charge in [-0.15, -0.1) is 0 Å². The molecular formula is C15H10FN5O2. The minimum Gasteiger partial charge on any atom is -0.423 e. The first-order valence-electron chi connectivity index (χ1n) is 6.71. The maximum Gasteiger partial charge on any atom is 0.300 e. The Morgan fingerprint density at radius 1 is 1.26 bits per heavy atom. The second-order valence-electron chi connectivity index (χ2n) is 4.95. The van der Waals surface area contributed by atoms with Crippen LogP contribution in [0.3, 0.4) is 0 Å². The maximum atomic E-state index is 13.2. The maximum absolute atomic E-state index is 13.2. The number of aromatic nitrogens is 3. The molecule has 4 aromatic rings. The van der Waals surface area contributed by atoms with Crippen molar-refractivity contribution >= 4 is 39.6 Å². The SMILES string of the molecule is NC(=O)c1n[nH]c2ccc(Nc3nc4ccc(F)cc4o3)cc12. The number of carbonyl (C=O) groups is 1. The Labute approximate surface area is 128 Å². The van der Waals surface area contributed by atoms with Gasteiger partial charge >= 0.3 is 0 Å². The molecule has 0 radical (unpaired) electrons. The van der Waals surface area contributed by atoms with Crippen molar-refractivity contribution in [3.05, 3.63) is 47.9 Å². The number of fused-ring (bicyclic) bond motifs is 2. The van der Waals surface area contributed by atoms with Crippen LogP contribution in [0.5, 0.6) is 0 Å². The Kier molecular flexibility index (Phi) is 2.77. The lowest BCUT2D eigenvalue weighted by Gasteiger charge is -2.01. The zero-order chi connectivity index (χ0) is 16.0. The van der Waals surface area contributed by atoms with Gasteiger partial charge < -0.3 is 15.5 Å². The minimum absolute atomic E-state index is 0.156. The summed E-state index contributed by atoms with van der Waals surface area (Å²) in [5.74, 6) is -1.02. The predicted octanol–water partition coefficient (Wildman–Crippen LogP) is 2.69. The van der Waals surface area contributed by atoms with Gasteiger partial charge in [0.15, 0.2) is 11.3 Å². The topological polar surface area (TPSA) is 110 Å². The molecule has 2 aromatic carbocycles. The summed E-state index contributed by atoms with van der Waals surface area (Å²) in [6.45, 7) is 0. The first-order chi connectivity index (χ1) is 11.1. The van der Waals surface area contributed by atoms with Crippen LogP contribution < -0.4 is 11.1 Å². The molecule has 23 heavy (non-hydrogen) atoms. The number of rotatable bonds is 3. The molecule has 0 spiro atoms. The van der Waals surface area contributed by atoms with Crippen LogP contribution in [-0.4, -0.2) is 21.1 Å². The lowest BCUT2D eigenvalue weighted by atomic mass is 10.2. The third-order valence-corrected chi connectivity index (χ3v) is 3.40. The highest BCUT2D eigenvalue weighted by Crippen LogP contribution is 2.25. The summed E-state index contributed by atoms with van der Waals surface area (Å²) < 4.78 is 18.6. The molecule has 4 rings (SSSR count). The average molecular weight is 311 g/mol. The van der Waals surface area contributed by atoms with Crippen molar-refractivity contribution in [2.45, 2.75) is 0 Å². The first-order valence-corrected chi connectivity index (χ1v) is 6.71. The Bertz CT molecular complexity index is 1050. The zero-order valence-electron chi connectivity index (χ0n) is 11.6. The van der Waals surface area contributed by atoms with Gasteiger partial charge in [0.2, 0.25) is 0 Å². The molecule has 0 bridgehead atoms. The van der Waals surface area contributed by atoms with Crippen molar-refractivity contribution in [3.63, 3.8) is 0 Å². The molecule has 2 heterocycles. The van der Waals surface area contributed by atoms with Crippen molar-refractivity contribution in [1.82, 2.24) is 15.2 Å². The van der Waals surface area contributed by atoms with Crippen LogP contribution in [0, 0.1) is 5.82 Å². The van der Waals surface area contributed by atoms with E-state index in [1.807, 2.05) is 0 Å². The van der Waals surface area contributed by atoms with Crippen molar-refractivity contribution in [3.8, 4) is 0 Å². The second kappa shape index (κ2) is 4.80. The van der Waals surface area contributed by atoms with E-state index in [0.717, 1.165) is 0 Å². The van der Waals surface area contributed by atoms with E-state index < -0.39 is 11.7 Å². The Morgan fingerprint density at radius 2 is 2.13 bits per heavy atom. The number of anilines is 2. The Hall–Kier alpha value is -3.42. The molecule has 1 amide bonds. The number of nitrogens with two attached hydrogens (primary N) is 1. The fourth-order valence-electron chi connectivity index (χ4n) is 2.35. The molecule has 0 atom stereocenters. The first kappa shape index (κ1) is 13.3. The van der Waals surface area contributed by atoms with Crippen molar-refractivity contribution in [1.29, 1.82) is 0 Å². The standard InChI is InChI=1S/C15H10FN5O2/c16-7-1-3-11-12(5-7)23-15(19-11)18-8-2-4-10-9(6-8)13(14(17)22)21-20-10/h1-6H,(H2,17,22)(H,18,19)(H,20,21). The molecule has 114 valence electrons. The third-order valence-electron chi connectivity index (χ3n) is 3.40. The van der Waals surface area contributed by atoms with Crippen LogP contribution in [-0.2, 0) is 0 Å². The highest BCUT2D eigenvalue weighted by atomic mass is 19.1. The Morgan fingerprint density at radius 3 is 2.96 bits per heavy atom. The number of hydrogen-bond acceptors (Lipinski definition) is 5. The number of H-pyrrole nitrogens is 1.